The summed E-state index contributed by atoms with van der Waals surface area (Å²) in [5, 5.41) is 9.98. The molecule has 0 saturated carbocycles. The minimum absolute atomic E-state index is 0.0755. The molecule has 3 N–H and O–H groups in total. The number of nitrogens with one attached hydrogen (secondary N) is 1. The highest BCUT2D eigenvalue weighted by Gasteiger charge is 2.13. The first kappa shape index (κ1) is 13.1. The van der Waals surface area contributed by atoms with Crippen LogP contribution in [0.5, 0.6) is 0 Å². The molecule has 0 bridgehead atoms. The van der Waals surface area contributed by atoms with Crippen LogP contribution in [0, 0.1) is 17.7 Å². The van der Waals surface area contributed by atoms with Crippen LogP contribution < -0.4 is 11.1 Å². The fourth-order valence-corrected chi connectivity index (χ4v) is 1.76. The lowest BCUT2D eigenvalue weighted by Gasteiger charge is -2.03. The highest BCUT2D eigenvalue weighted by atomic mass is 32.1. The molecule has 0 aliphatic heterocycles. The maximum Gasteiger partial charge on any atom is 0.260 e. The Morgan fingerprint density at radius 3 is 3.00 bits per heavy atom. The summed E-state index contributed by atoms with van der Waals surface area (Å²) in [7, 11) is 0. The van der Waals surface area contributed by atoms with Crippen LogP contribution in [0.4, 0.5) is 9.52 Å². The number of halogens is 1. The van der Waals surface area contributed by atoms with Crippen LogP contribution in [0.2, 0.25) is 0 Å². The van der Waals surface area contributed by atoms with Crippen molar-refractivity contribution in [2.45, 2.75) is 0 Å². The number of carbonyl (C=O) groups is 1. The highest BCUT2D eigenvalue weighted by molar-refractivity contribution is 7.13. The summed E-state index contributed by atoms with van der Waals surface area (Å²) in [5.74, 6) is 4.08. The number of carbonyl (C=O) groups excluding carboxylic acids is 1. The zero-order valence-electron chi connectivity index (χ0n) is 9.68. The molecule has 0 aliphatic carbocycles. The van der Waals surface area contributed by atoms with E-state index in [0.717, 1.165) is 11.3 Å². The fraction of sp³-hybridized carbons (Fsp3) is 0.0833. The van der Waals surface area contributed by atoms with Gasteiger partial charge in [0.25, 0.3) is 5.91 Å². The number of hydrogen-bond donors (Lipinski definition) is 2. The lowest BCUT2D eigenvalue weighted by Crippen LogP contribution is -2.13. The van der Waals surface area contributed by atoms with Crippen LogP contribution in [0.15, 0.2) is 23.7 Å². The van der Waals surface area contributed by atoms with Gasteiger partial charge in [0.1, 0.15) is 11.3 Å². The normalized spacial score (nSPS) is 9.58. The first-order valence-corrected chi connectivity index (χ1v) is 6.14. The molecule has 2 rings (SSSR count). The molecule has 96 valence electrons. The fourth-order valence-electron chi connectivity index (χ4n) is 1.32. The van der Waals surface area contributed by atoms with Crippen LogP contribution in [-0.4, -0.2) is 22.6 Å². The van der Waals surface area contributed by atoms with E-state index in [-0.39, 0.29) is 12.1 Å². The van der Waals surface area contributed by atoms with Crippen molar-refractivity contribution in [3.63, 3.8) is 0 Å². The Morgan fingerprint density at radius 2 is 2.37 bits per heavy atom. The van der Waals surface area contributed by atoms with E-state index < -0.39 is 11.7 Å². The average Bonchev–Trinajstić information content (AvgIpc) is 2.89. The van der Waals surface area contributed by atoms with Gasteiger partial charge in [-0.05, 0) is 18.2 Å². The topological polar surface area (TPSA) is 80.9 Å². The number of anilines is 1. The summed E-state index contributed by atoms with van der Waals surface area (Å²) in [6, 6.07) is 4.12. The second kappa shape index (κ2) is 6.04. The Morgan fingerprint density at radius 1 is 1.53 bits per heavy atom. The SMILES string of the molecule is NCC#Cc1ccc(C(=O)Nc2nncs2)c(F)c1. The molecule has 0 saturated heterocycles. The van der Waals surface area contributed by atoms with Gasteiger partial charge in [0.05, 0.1) is 12.1 Å². The summed E-state index contributed by atoms with van der Waals surface area (Å²) in [4.78, 5) is 11.8. The number of nitrogens with two attached hydrogens (primary N) is 1. The zero-order valence-corrected chi connectivity index (χ0v) is 10.5. The third-order valence-electron chi connectivity index (χ3n) is 2.13. The maximum absolute atomic E-state index is 13.8. The Hall–Kier alpha value is -2.30. The highest BCUT2D eigenvalue weighted by Crippen LogP contribution is 2.14. The van der Waals surface area contributed by atoms with Crippen LogP contribution >= 0.6 is 11.3 Å². The summed E-state index contributed by atoms with van der Waals surface area (Å²) in [5.41, 5.74) is 7.09. The third kappa shape index (κ3) is 3.34. The van der Waals surface area contributed by atoms with E-state index in [4.69, 9.17) is 5.73 Å². The average molecular weight is 276 g/mol. The quantitative estimate of drug-likeness (QED) is 0.809. The Kier molecular flexibility index (Phi) is 4.18. The first-order chi connectivity index (χ1) is 9.20. The van der Waals surface area contributed by atoms with Gasteiger partial charge < -0.3 is 5.73 Å². The van der Waals surface area contributed by atoms with Gasteiger partial charge in [-0.3, -0.25) is 10.1 Å². The van der Waals surface area contributed by atoms with E-state index in [0.29, 0.717) is 10.7 Å². The molecule has 1 heterocycles. The lowest BCUT2D eigenvalue weighted by molar-refractivity contribution is 0.102. The van der Waals surface area contributed by atoms with E-state index in [1.54, 1.807) is 6.07 Å². The number of hydrogen-bond acceptors (Lipinski definition) is 5. The Balaban J connectivity index is 2.18. The molecule has 5 nitrogen and oxygen atoms in total. The van der Waals surface area contributed by atoms with Gasteiger partial charge in [0.15, 0.2) is 0 Å². The number of rotatable bonds is 2. The van der Waals surface area contributed by atoms with Crippen molar-refractivity contribution < 1.29 is 9.18 Å². The molecule has 1 aromatic heterocycles. The van der Waals surface area contributed by atoms with Gasteiger partial charge in [-0.2, -0.15) is 0 Å². The molecule has 0 fully saturated rings. The number of nitrogens with zero attached hydrogens (tertiary/aromatic N) is 2. The Bertz CT molecular complexity index is 645. The molecule has 19 heavy (non-hydrogen) atoms. The van der Waals surface area contributed by atoms with Crippen LogP contribution in [-0.2, 0) is 0 Å². The van der Waals surface area contributed by atoms with Gasteiger partial charge >= 0.3 is 0 Å². The largest absolute Gasteiger partial charge is 0.320 e. The number of benzene rings is 1. The lowest BCUT2D eigenvalue weighted by atomic mass is 10.1. The molecule has 2 aromatic rings. The molecule has 0 spiro atoms. The molecule has 1 amide bonds. The molecule has 0 unspecified atom stereocenters. The standard InChI is InChI=1S/C12H9FN4OS/c13-10-6-8(2-1-5-14)3-4-9(10)11(18)16-12-17-15-7-19-12/h3-4,6-7H,5,14H2,(H,16,17,18). The van der Waals surface area contributed by atoms with E-state index in [9.17, 15) is 9.18 Å². The van der Waals surface area contributed by atoms with Crippen molar-refractivity contribution in [2.75, 3.05) is 11.9 Å². The van der Waals surface area contributed by atoms with Gasteiger partial charge in [-0.1, -0.05) is 23.2 Å². The molecule has 7 heteroatoms. The second-order valence-electron chi connectivity index (χ2n) is 3.40. The van der Waals surface area contributed by atoms with Gasteiger partial charge in [0, 0.05) is 5.56 Å². The van der Waals surface area contributed by atoms with Gasteiger partial charge in [-0.15, -0.1) is 10.2 Å². The predicted octanol–water partition coefficient (Wildman–Crippen LogP) is 1.24. The van der Waals surface area contributed by atoms with Crippen LogP contribution in [0.1, 0.15) is 15.9 Å². The van der Waals surface area contributed by atoms with Crippen molar-refractivity contribution >= 4 is 22.4 Å². The smallest absolute Gasteiger partial charge is 0.260 e. The molecular weight excluding hydrogens is 267 g/mol. The Labute approximate surface area is 112 Å². The molecule has 0 aliphatic rings. The number of aromatic nitrogens is 2. The summed E-state index contributed by atoms with van der Waals surface area (Å²) < 4.78 is 13.8. The van der Waals surface area contributed by atoms with Crippen molar-refractivity contribution in [2.24, 2.45) is 5.73 Å². The minimum atomic E-state index is -0.647. The minimum Gasteiger partial charge on any atom is -0.320 e. The van der Waals surface area contributed by atoms with Gasteiger partial charge in [-0.25, -0.2) is 4.39 Å². The monoisotopic (exact) mass is 276 g/mol. The van der Waals surface area contributed by atoms with E-state index >= 15 is 0 Å². The predicted molar refractivity (Wildman–Crippen MR) is 70.2 cm³/mol. The van der Waals surface area contributed by atoms with Crippen molar-refractivity contribution in [1.82, 2.24) is 10.2 Å². The molecule has 0 radical (unpaired) electrons. The molecule has 1 aromatic carbocycles. The summed E-state index contributed by atoms with van der Waals surface area (Å²) in [6.45, 7) is 0.195. The third-order valence-corrected chi connectivity index (χ3v) is 2.74. The van der Waals surface area contributed by atoms with E-state index in [2.05, 4.69) is 27.4 Å². The van der Waals surface area contributed by atoms with E-state index in [1.165, 1.54) is 17.6 Å². The van der Waals surface area contributed by atoms with Crippen LogP contribution in [0.3, 0.4) is 0 Å². The van der Waals surface area contributed by atoms with Crippen LogP contribution in [0.25, 0.3) is 0 Å². The van der Waals surface area contributed by atoms with Crippen molar-refractivity contribution in [1.29, 1.82) is 0 Å². The van der Waals surface area contributed by atoms with Gasteiger partial charge in [0.2, 0.25) is 5.13 Å². The van der Waals surface area contributed by atoms with E-state index in [1.807, 2.05) is 0 Å². The maximum atomic E-state index is 13.8. The van der Waals surface area contributed by atoms with Crippen molar-refractivity contribution in [3.05, 3.63) is 40.7 Å². The molecule has 0 atom stereocenters. The summed E-state index contributed by atoms with van der Waals surface area (Å²) >= 11 is 1.15. The van der Waals surface area contributed by atoms with Crippen molar-refractivity contribution in [3.8, 4) is 11.8 Å². The number of amides is 1. The molecular formula is C12H9FN4OS. The first-order valence-electron chi connectivity index (χ1n) is 5.26. The summed E-state index contributed by atoms with van der Waals surface area (Å²) in [6.07, 6.45) is 0. The zero-order chi connectivity index (χ0) is 13.7. The second-order valence-corrected chi connectivity index (χ2v) is 4.23.